The average molecular weight is 451 g/mol. The van der Waals surface area contributed by atoms with E-state index in [2.05, 4.69) is 16.7 Å². The van der Waals surface area contributed by atoms with Gasteiger partial charge in [0.05, 0.1) is 20.1 Å². The number of piperidine rings is 1. The summed E-state index contributed by atoms with van der Waals surface area (Å²) >= 11 is 0. The smallest absolute Gasteiger partial charge is 0.254 e. The number of halogens is 1. The predicted octanol–water partition coefficient (Wildman–Crippen LogP) is 4.64. The Balaban J connectivity index is 1.55. The molecule has 1 saturated heterocycles. The van der Waals surface area contributed by atoms with Crippen LogP contribution in [0.2, 0.25) is 0 Å². The van der Waals surface area contributed by atoms with E-state index in [1.54, 1.807) is 43.4 Å². The van der Waals surface area contributed by atoms with E-state index in [1.165, 1.54) is 12.1 Å². The molecule has 33 heavy (non-hydrogen) atoms. The molecule has 1 aliphatic heterocycles. The first-order valence-electron chi connectivity index (χ1n) is 10.8. The topological polar surface area (TPSA) is 77.7 Å². The summed E-state index contributed by atoms with van der Waals surface area (Å²) in [4.78, 5) is 19.6. The Kier molecular flexibility index (Phi) is 6.72. The van der Waals surface area contributed by atoms with Gasteiger partial charge in [-0.05, 0) is 43.5 Å². The monoisotopic (exact) mass is 451 g/mol. The number of methoxy groups -OCH3 is 2. The van der Waals surface area contributed by atoms with Crippen LogP contribution in [0.25, 0.3) is 11.4 Å². The maximum absolute atomic E-state index is 13.5. The van der Waals surface area contributed by atoms with Crippen LogP contribution in [-0.4, -0.2) is 48.3 Å². The quantitative estimate of drug-likeness (QED) is 0.487. The lowest BCUT2D eigenvalue weighted by molar-refractivity contribution is 0.0695. The number of amides is 1. The summed E-state index contributed by atoms with van der Waals surface area (Å²) in [6.45, 7) is 4.87. The van der Waals surface area contributed by atoms with Crippen molar-refractivity contribution in [2.75, 3.05) is 27.3 Å². The standard InChI is InChI=1S/C25H26FN3O4/c1-4-7-16-12-19(14-21(31-2)22(16)32-3)25(30)29-11-6-9-18(15-29)24-27-23(28-33-24)17-8-5-10-20(26)13-17/h4-5,8,10,12-14,18H,1,6-7,9,11,15H2,2-3H3. The van der Waals surface area contributed by atoms with Crippen molar-refractivity contribution < 1.29 is 23.2 Å². The molecule has 1 fully saturated rings. The largest absolute Gasteiger partial charge is 0.493 e. The minimum atomic E-state index is -0.362. The van der Waals surface area contributed by atoms with E-state index in [4.69, 9.17) is 14.0 Å². The highest BCUT2D eigenvalue weighted by atomic mass is 19.1. The molecular formula is C25H26FN3O4. The molecular weight excluding hydrogens is 425 g/mol. The minimum Gasteiger partial charge on any atom is -0.493 e. The molecule has 1 amide bonds. The van der Waals surface area contributed by atoms with Gasteiger partial charge in [-0.25, -0.2) is 4.39 Å². The molecule has 0 aliphatic carbocycles. The third kappa shape index (κ3) is 4.74. The molecule has 0 radical (unpaired) electrons. The van der Waals surface area contributed by atoms with Crippen molar-refractivity contribution in [2.24, 2.45) is 0 Å². The average Bonchev–Trinajstić information content (AvgIpc) is 3.34. The van der Waals surface area contributed by atoms with Crippen molar-refractivity contribution in [3.63, 3.8) is 0 Å². The highest BCUT2D eigenvalue weighted by Gasteiger charge is 2.30. The number of benzene rings is 2. The molecule has 1 aliphatic rings. The number of likely N-dealkylation sites (tertiary alicyclic amines) is 1. The highest BCUT2D eigenvalue weighted by molar-refractivity contribution is 5.95. The SMILES string of the molecule is C=CCc1cc(C(=O)N2CCCC(c3nc(-c4cccc(F)c4)no3)C2)cc(OC)c1OC. The van der Waals surface area contributed by atoms with Crippen molar-refractivity contribution >= 4 is 5.91 Å². The van der Waals surface area contributed by atoms with E-state index in [0.29, 0.717) is 53.9 Å². The normalized spacial score (nSPS) is 15.8. The Morgan fingerprint density at radius 2 is 2.15 bits per heavy atom. The second-order valence-corrected chi connectivity index (χ2v) is 7.92. The first-order chi connectivity index (χ1) is 16.0. The first-order valence-corrected chi connectivity index (χ1v) is 10.8. The number of carbonyl (C=O) groups is 1. The zero-order valence-corrected chi connectivity index (χ0v) is 18.7. The molecule has 7 nitrogen and oxygen atoms in total. The molecule has 172 valence electrons. The van der Waals surface area contributed by atoms with Crippen LogP contribution in [0.1, 0.15) is 40.6 Å². The van der Waals surface area contributed by atoms with Crippen molar-refractivity contribution in [3.05, 3.63) is 71.9 Å². The van der Waals surface area contributed by atoms with Crippen LogP contribution >= 0.6 is 0 Å². The van der Waals surface area contributed by atoms with Gasteiger partial charge in [-0.1, -0.05) is 23.4 Å². The fraction of sp³-hybridized carbons (Fsp3) is 0.320. The van der Waals surface area contributed by atoms with Crippen LogP contribution in [-0.2, 0) is 6.42 Å². The third-order valence-electron chi connectivity index (χ3n) is 5.75. The van der Waals surface area contributed by atoms with Crippen molar-refractivity contribution in [1.82, 2.24) is 15.0 Å². The summed E-state index contributed by atoms with van der Waals surface area (Å²) in [6.07, 6.45) is 3.94. The molecule has 0 bridgehead atoms. The number of carbonyl (C=O) groups excluding carboxylic acids is 1. The van der Waals surface area contributed by atoms with Gasteiger partial charge >= 0.3 is 0 Å². The van der Waals surface area contributed by atoms with E-state index >= 15 is 0 Å². The molecule has 0 N–H and O–H groups in total. The summed E-state index contributed by atoms with van der Waals surface area (Å²) in [7, 11) is 3.12. The lowest BCUT2D eigenvalue weighted by Gasteiger charge is -2.31. The van der Waals surface area contributed by atoms with Crippen LogP contribution in [0.5, 0.6) is 11.5 Å². The fourth-order valence-corrected chi connectivity index (χ4v) is 4.17. The number of hydrogen-bond acceptors (Lipinski definition) is 6. The first kappa shape index (κ1) is 22.5. The molecule has 0 saturated carbocycles. The zero-order chi connectivity index (χ0) is 23.4. The van der Waals surface area contributed by atoms with Crippen molar-refractivity contribution in [1.29, 1.82) is 0 Å². The molecule has 1 aromatic heterocycles. The van der Waals surface area contributed by atoms with E-state index < -0.39 is 0 Å². The molecule has 2 heterocycles. The molecule has 8 heteroatoms. The summed E-state index contributed by atoms with van der Waals surface area (Å²) in [5.41, 5.74) is 1.91. The Bertz CT molecular complexity index is 1160. The molecule has 1 atom stereocenters. The van der Waals surface area contributed by atoms with Gasteiger partial charge in [0.2, 0.25) is 11.7 Å². The minimum absolute atomic E-state index is 0.0923. The Morgan fingerprint density at radius 3 is 2.88 bits per heavy atom. The summed E-state index contributed by atoms with van der Waals surface area (Å²) in [5, 5.41) is 4.01. The Hall–Kier alpha value is -3.68. The van der Waals surface area contributed by atoms with Crippen LogP contribution in [0.15, 0.2) is 53.6 Å². The number of aromatic nitrogens is 2. The van der Waals surface area contributed by atoms with Crippen molar-refractivity contribution in [3.8, 4) is 22.9 Å². The van der Waals surface area contributed by atoms with Crippen LogP contribution in [0.3, 0.4) is 0 Å². The van der Waals surface area contributed by atoms with Crippen LogP contribution < -0.4 is 9.47 Å². The van der Waals surface area contributed by atoms with Crippen LogP contribution in [0, 0.1) is 5.82 Å². The van der Waals surface area contributed by atoms with Gasteiger partial charge in [0.15, 0.2) is 11.5 Å². The van der Waals surface area contributed by atoms with Gasteiger partial charge in [-0.2, -0.15) is 4.98 Å². The summed E-state index contributed by atoms with van der Waals surface area (Å²) in [5.74, 6) is 1.33. The van der Waals surface area contributed by atoms with Crippen LogP contribution in [0.4, 0.5) is 4.39 Å². The van der Waals surface area contributed by atoms with Gasteiger partial charge in [-0.3, -0.25) is 4.79 Å². The maximum atomic E-state index is 13.5. The summed E-state index contributed by atoms with van der Waals surface area (Å²) in [6, 6.07) is 9.58. The molecule has 1 unspecified atom stereocenters. The zero-order valence-electron chi connectivity index (χ0n) is 18.7. The van der Waals surface area contributed by atoms with Gasteiger partial charge in [-0.15, -0.1) is 6.58 Å². The predicted molar refractivity (Wildman–Crippen MR) is 121 cm³/mol. The van der Waals surface area contributed by atoms with Crippen molar-refractivity contribution in [2.45, 2.75) is 25.2 Å². The van der Waals surface area contributed by atoms with E-state index in [0.717, 1.165) is 18.4 Å². The molecule has 3 aromatic rings. The van der Waals surface area contributed by atoms with Gasteiger partial charge in [0, 0.05) is 29.8 Å². The highest BCUT2D eigenvalue weighted by Crippen LogP contribution is 2.35. The second kappa shape index (κ2) is 9.85. The number of ether oxygens (including phenoxy) is 2. The number of allylic oxidation sites excluding steroid dienone is 1. The lowest BCUT2D eigenvalue weighted by Crippen LogP contribution is -2.39. The van der Waals surface area contributed by atoms with Gasteiger partial charge in [0.25, 0.3) is 5.91 Å². The Labute approximate surface area is 191 Å². The number of hydrogen-bond donors (Lipinski definition) is 0. The van der Waals surface area contributed by atoms with E-state index in [1.807, 2.05) is 6.07 Å². The third-order valence-corrected chi connectivity index (χ3v) is 5.75. The van der Waals surface area contributed by atoms with E-state index in [9.17, 15) is 9.18 Å². The maximum Gasteiger partial charge on any atom is 0.254 e. The summed E-state index contributed by atoms with van der Waals surface area (Å²) < 4.78 is 29.9. The van der Waals surface area contributed by atoms with Gasteiger partial charge < -0.3 is 18.9 Å². The number of rotatable bonds is 7. The molecule has 4 rings (SSSR count). The molecule has 2 aromatic carbocycles. The lowest BCUT2D eigenvalue weighted by atomic mass is 9.96. The number of nitrogens with zero attached hydrogens (tertiary/aromatic N) is 3. The van der Waals surface area contributed by atoms with Gasteiger partial charge in [0.1, 0.15) is 5.82 Å². The molecule has 0 spiro atoms. The fourth-order valence-electron chi connectivity index (χ4n) is 4.17. The van der Waals surface area contributed by atoms with E-state index in [-0.39, 0.29) is 17.6 Å². The second-order valence-electron chi connectivity index (χ2n) is 7.92. The Morgan fingerprint density at radius 1 is 1.30 bits per heavy atom.